The molecular formula is C23H28ClN3O3S. The Morgan fingerprint density at radius 1 is 1.13 bits per heavy atom. The molecule has 0 radical (unpaired) electrons. The normalized spacial score (nSPS) is 17.0. The van der Waals surface area contributed by atoms with Gasteiger partial charge in [-0.3, -0.25) is 5.32 Å². The molecule has 0 spiro atoms. The summed E-state index contributed by atoms with van der Waals surface area (Å²) in [5, 5.41) is 10.5. The first kappa shape index (κ1) is 23.2. The summed E-state index contributed by atoms with van der Waals surface area (Å²) in [6.07, 6.45) is 0.187. The topological polar surface area (TPSA) is 71.6 Å². The Morgan fingerprint density at radius 2 is 1.77 bits per heavy atom. The summed E-state index contributed by atoms with van der Waals surface area (Å²) in [4.78, 5) is 12.2. The molecule has 6 nitrogen and oxygen atoms in total. The average Bonchev–Trinajstić information content (AvgIpc) is 2.62. The molecule has 2 aromatic rings. The Balaban J connectivity index is 1.77. The van der Waals surface area contributed by atoms with Crippen molar-refractivity contribution in [2.24, 2.45) is 0 Å². The van der Waals surface area contributed by atoms with E-state index in [9.17, 15) is 4.79 Å². The summed E-state index contributed by atoms with van der Waals surface area (Å²) in [7, 11) is 0. The molecule has 8 heteroatoms. The molecule has 2 aromatic carbocycles. The molecule has 1 unspecified atom stereocenters. The Kier molecular flexibility index (Phi) is 6.67. The molecule has 1 amide bonds. The molecule has 0 fully saturated rings. The van der Waals surface area contributed by atoms with Gasteiger partial charge >= 0.3 is 6.09 Å². The number of hydrogen-bond donors (Lipinski definition) is 3. The summed E-state index contributed by atoms with van der Waals surface area (Å²) < 4.78 is 11.5. The number of carbonyl (C=O) groups is 1. The fourth-order valence-electron chi connectivity index (χ4n) is 3.34. The standard InChI is InChI=1S/C23H28ClN3O3S/c1-22(2,3)30-21(28)26-16-10-11-19-17(12-16)18(13-23(4,5)29-19)27-20(31)25-15-8-6-14(24)7-9-15/h6-12,18H,13H2,1-5H3,(H,26,28)(H2,25,27,31). The van der Waals surface area contributed by atoms with Gasteiger partial charge in [-0.15, -0.1) is 0 Å². The summed E-state index contributed by atoms with van der Waals surface area (Å²) in [6.45, 7) is 9.54. The minimum Gasteiger partial charge on any atom is -0.487 e. The van der Waals surface area contributed by atoms with E-state index >= 15 is 0 Å². The first-order valence-electron chi connectivity index (χ1n) is 10.1. The van der Waals surface area contributed by atoms with E-state index in [1.807, 2.05) is 58.9 Å². The Morgan fingerprint density at radius 3 is 2.42 bits per heavy atom. The summed E-state index contributed by atoms with van der Waals surface area (Å²) in [5.41, 5.74) is 1.43. The van der Waals surface area contributed by atoms with Gasteiger partial charge in [0.2, 0.25) is 0 Å². The maximum Gasteiger partial charge on any atom is 0.412 e. The van der Waals surface area contributed by atoms with Gasteiger partial charge < -0.3 is 20.1 Å². The second-order valence-corrected chi connectivity index (χ2v) is 9.95. The summed E-state index contributed by atoms with van der Waals surface area (Å²) >= 11 is 11.5. The number of hydrogen-bond acceptors (Lipinski definition) is 4. The number of anilines is 2. The number of fused-ring (bicyclic) bond motifs is 1. The number of rotatable bonds is 3. The second kappa shape index (κ2) is 8.93. The molecule has 1 atom stereocenters. The average molecular weight is 462 g/mol. The van der Waals surface area contributed by atoms with Gasteiger partial charge in [0, 0.05) is 28.4 Å². The Hall–Kier alpha value is -2.51. The van der Waals surface area contributed by atoms with E-state index in [1.165, 1.54) is 0 Å². The fraction of sp³-hybridized carbons (Fsp3) is 0.391. The van der Waals surface area contributed by atoms with Crippen LogP contribution in [0.3, 0.4) is 0 Å². The summed E-state index contributed by atoms with van der Waals surface area (Å²) in [6, 6.07) is 12.8. The highest BCUT2D eigenvalue weighted by atomic mass is 35.5. The van der Waals surface area contributed by atoms with Crippen molar-refractivity contribution in [2.45, 2.75) is 58.3 Å². The van der Waals surface area contributed by atoms with Gasteiger partial charge in [-0.05, 0) is 89.3 Å². The van der Waals surface area contributed by atoms with Gasteiger partial charge in [0.1, 0.15) is 17.0 Å². The van der Waals surface area contributed by atoms with Gasteiger partial charge in [-0.2, -0.15) is 0 Å². The molecule has 0 aromatic heterocycles. The summed E-state index contributed by atoms with van der Waals surface area (Å²) in [5.74, 6) is 0.748. The first-order valence-corrected chi connectivity index (χ1v) is 10.8. The van der Waals surface area contributed by atoms with Crippen molar-refractivity contribution in [1.29, 1.82) is 0 Å². The van der Waals surface area contributed by atoms with E-state index in [4.69, 9.17) is 33.3 Å². The molecule has 0 bridgehead atoms. The highest BCUT2D eigenvalue weighted by Gasteiger charge is 2.34. The van der Waals surface area contributed by atoms with Crippen LogP contribution >= 0.6 is 23.8 Å². The predicted octanol–water partition coefficient (Wildman–Crippen LogP) is 6.28. The maximum atomic E-state index is 12.2. The number of carbonyl (C=O) groups excluding carboxylic acids is 1. The van der Waals surface area contributed by atoms with Crippen LogP contribution < -0.4 is 20.7 Å². The van der Waals surface area contributed by atoms with Crippen molar-refractivity contribution in [2.75, 3.05) is 10.6 Å². The molecule has 1 heterocycles. The lowest BCUT2D eigenvalue weighted by atomic mass is 9.89. The van der Waals surface area contributed by atoms with Crippen LogP contribution in [0.2, 0.25) is 5.02 Å². The number of benzene rings is 2. The SMILES string of the molecule is CC(C)(C)OC(=O)Nc1ccc2c(c1)C(NC(=S)Nc1ccc(Cl)cc1)CC(C)(C)O2. The van der Waals surface area contributed by atoms with E-state index in [-0.39, 0.29) is 11.6 Å². The van der Waals surface area contributed by atoms with Crippen LogP contribution in [0.4, 0.5) is 16.2 Å². The largest absolute Gasteiger partial charge is 0.487 e. The molecule has 1 aliphatic heterocycles. The predicted molar refractivity (Wildman–Crippen MR) is 129 cm³/mol. The number of ether oxygens (including phenoxy) is 2. The number of amides is 1. The third kappa shape index (κ3) is 6.74. The van der Waals surface area contributed by atoms with Crippen LogP contribution in [0.25, 0.3) is 0 Å². The monoisotopic (exact) mass is 461 g/mol. The van der Waals surface area contributed by atoms with Crippen molar-refractivity contribution in [1.82, 2.24) is 5.32 Å². The molecule has 31 heavy (non-hydrogen) atoms. The zero-order chi connectivity index (χ0) is 22.8. The van der Waals surface area contributed by atoms with Crippen LogP contribution in [-0.4, -0.2) is 22.4 Å². The Labute approximate surface area is 193 Å². The Bertz CT molecular complexity index is 971. The quantitative estimate of drug-likeness (QED) is 0.467. The molecule has 3 rings (SSSR count). The fourth-order valence-corrected chi connectivity index (χ4v) is 3.73. The molecule has 0 aliphatic carbocycles. The third-order valence-corrected chi connectivity index (χ3v) is 4.99. The van der Waals surface area contributed by atoms with E-state index in [2.05, 4.69) is 16.0 Å². The van der Waals surface area contributed by atoms with Crippen molar-refractivity contribution in [3.8, 4) is 5.75 Å². The lowest BCUT2D eigenvalue weighted by Gasteiger charge is -2.38. The van der Waals surface area contributed by atoms with Gasteiger partial charge in [0.15, 0.2) is 5.11 Å². The molecule has 1 aliphatic rings. The van der Waals surface area contributed by atoms with E-state index in [0.29, 0.717) is 22.2 Å². The van der Waals surface area contributed by atoms with Crippen LogP contribution in [0.1, 0.15) is 52.6 Å². The van der Waals surface area contributed by atoms with Crippen molar-refractivity contribution in [3.63, 3.8) is 0 Å². The van der Waals surface area contributed by atoms with Crippen LogP contribution in [0.15, 0.2) is 42.5 Å². The lowest BCUT2D eigenvalue weighted by molar-refractivity contribution is 0.0632. The van der Waals surface area contributed by atoms with Gasteiger partial charge in [0.25, 0.3) is 0 Å². The van der Waals surface area contributed by atoms with Gasteiger partial charge in [-0.25, -0.2) is 4.79 Å². The van der Waals surface area contributed by atoms with Gasteiger partial charge in [-0.1, -0.05) is 11.6 Å². The highest BCUT2D eigenvalue weighted by molar-refractivity contribution is 7.80. The van der Waals surface area contributed by atoms with Crippen molar-refractivity contribution >= 4 is 46.4 Å². The first-order chi connectivity index (χ1) is 14.4. The molecule has 166 valence electrons. The van der Waals surface area contributed by atoms with Crippen LogP contribution in [0.5, 0.6) is 5.75 Å². The lowest BCUT2D eigenvalue weighted by Crippen LogP contribution is -2.42. The number of halogens is 1. The molecular weight excluding hydrogens is 434 g/mol. The minimum absolute atomic E-state index is 0.105. The highest BCUT2D eigenvalue weighted by Crippen LogP contribution is 2.40. The van der Waals surface area contributed by atoms with Gasteiger partial charge in [0.05, 0.1) is 6.04 Å². The molecule has 3 N–H and O–H groups in total. The third-order valence-electron chi connectivity index (χ3n) is 4.52. The zero-order valence-electron chi connectivity index (χ0n) is 18.3. The van der Waals surface area contributed by atoms with Crippen molar-refractivity contribution in [3.05, 3.63) is 53.1 Å². The van der Waals surface area contributed by atoms with Crippen LogP contribution in [-0.2, 0) is 4.74 Å². The maximum absolute atomic E-state index is 12.2. The smallest absolute Gasteiger partial charge is 0.412 e. The minimum atomic E-state index is -0.574. The van der Waals surface area contributed by atoms with E-state index in [1.54, 1.807) is 18.2 Å². The van der Waals surface area contributed by atoms with Crippen molar-refractivity contribution < 1.29 is 14.3 Å². The van der Waals surface area contributed by atoms with E-state index in [0.717, 1.165) is 17.0 Å². The second-order valence-electron chi connectivity index (χ2n) is 9.10. The number of nitrogens with one attached hydrogen (secondary N) is 3. The molecule has 0 saturated heterocycles. The van der Waals surface area contributed by atoms with Crippen LogP contribution in [0, 0.1) is 0 Å². The number of thiocarbonyl (C=S) groups is 1. The zero-order valence-corrected chi connectivity index (χ0v) is 19.9. The molecule has 0 saturated carbocycles. The van der Waals surface area contributed by atoms with E-state index < -0.39 is 11.7 Å².